The summed E-state index contributed by atoms with van der Waals surface area (Å²) in [7, 11) is 1.92. The van der Waals surface area contributed by atoms with Crippen LogP contribution in [0.2, 0.25) is 0 Å². The molecule has 4 fully saturated rings. The van der Waals surface area contributed by atoms with Gasteiger partial charge in [-0.2, -0.15) is 5.10 Å². The second kappa shape index (κ2) is 20.9. The van der Waals surface area contributed by atoms with E-state index in [0.717, 1.165) is 87.3 Å². The number of halogens is 2. The van der Waals surface area contributed by atoms with Crippen molar-refractivity contribution in [3.63, 3.8) is 0 Å². The first kappa shape index (κ1) is 49.6. The number of fused-ring (bicyclic) bond motifs is 2. The van der Waals surface area contributed by atoms with Crippen LogP contribution in [0, 0.1) is 30.4 Å². The predicted molar refractivity (Wildman–Crippen MR) is 272 cm³/mol. The highest BCUT2D eigenvalue weighted by Gasteiger charge is 2.50. The third kappa shape index (κ3) is 9.58. The second-order valence-electron chi connectivity index (χ2n) is 20.9. The van der Waals surface area contributed by atoms with Crippen molar-refractivity contribution in [3.05, 3.63) is 106 Å². The summed E-state index contributed by atoms with van der Waals surface area (Å²) in [4.78, 5) is 44.1. The number of nitrogens with one attached hydrogen (secondary N) is 2. The molecule has 0 spiro atoms. The molecule has 1 aliphatic carbocycles. The Morgan fingerprint density at radius 1 is 0.931 bits per heavy atom. The van der Waals surface area contributed by atoms with Crippen LogP contribution in [0.25, 0.3) is 22.0 Å². The number of aliphatic hydroxyl groups is 1. The Hall–Kier alpha value is -5.94. The number of nitrogens with two attached hydrogens (primary N) is 1. The zero-order chi connectivity index (χ0) is 50.3. The number of carbonyl (C=O) groups is 3. The SMILES string of the molecule is Cc1c(F)cc2c(c1-c1c(C(N)=O)ccc(OCCO)c1F)C(C)C(CNCC1CCN(CC3CCC(N4CCC(c5ccc6c(N7CCC(=O)NC7=O)nn(C)c6c5)CC4)CC3)CC1)(c1ccccc1)O2. The van der Waals surface area contributed by atoms with Gasteiger partial charge in [-0.15, -0.1) is 0 Å². The van der Waals surface area contributed by atoms with Gasteiger partial charge in [-0.05, 0) is 155 Å². The molecule has 5 heterocycles. The average Bonchev–Trinajstić information content (AvgIpc) is 3.86. The van der Waals surface area contributed by atoms with E-state index < -0.39 is 35.1 Å². The van der Waals surface area contributed by atoms with Gasteiger partial charge in [0.15, 0.2) is 23.0 Å². The Kier molecular flexibility index (Phi) is 14.4. The number of imide groups is 1. The van der Waals surface area contributed by atoms with Gasteiger partial charge < -0.3 is 35.4 Å². The van der Waals surface area contributed by atoms with Gasteiger partial charge in [-0.25, -0.2) is 13.6 Å². The van der Waals surface area contributed by atoms with Gasteiger partial charge >= 0.3 is 6.03 Å². The van der Waals surface area contributed by atoms with Crippen LogP contribution in [0.15, 0.2) is 66.7 Å². The Balaban J connectivity index is 0.717. The summed E-state index contributed by atoms with van der Waals surface area (Å²) in [6.45, 7) is 10.1. The maximum absolute atomic E-state index is 16.5. The molecule has 382 valence electrons. The van der Waals surface area contributed by atoms with E-state index >= 15 is 8.78 Å². The molecule has 1 aromatic heterocycles. The maximum atomic E-state index is 16.5. The quantitative estimate of drug-likeness (QED) is 0.0811. The number of urea groups is 1. The van der Waals surface area contributed by atoms with Crippen molar-refractivity contribution in [1.29, 1.82) is 0 Å². The van der Waals surface area contributed by atoms with E-state index in [0.29, 0.717) is 42.3 Å². The number of likely N-dealkylation sites (tertiary alicyclic amines) is 2. The van der Waals surface area contributed by atoms with Crippen molar-refractivity contribution in [1.82, 2.24) is 30.2 Å². The van der Waals surface area contributed by atoms with Crippen molar-refractivity contribution in [2.45, 2.75) is 95.1 Å². The number of amides is 4. The molecule has 5 N–H and O–H groups in total. The third-order valence-electron chi connectivity index (χ3n) is 16.7. The zero-order valence-electron chi connectivity index (χ0n) is 41.7. The van der Waals surface area contributed by atoms with Gasteiger partial charge in [0.2, 0.25) is 11.8 Å². The smallest absolute Gasteiger partial charge is 0.329 e. The minimum absolute atomic E-state index is 0.101. The van der Waals surface area contributed by atoms with Crippen molar-refractivity contribution in [2.24, 2.45) is 24.6 Å². The van der Waals surface area contributed by atoms with E-state index in [1.165, 1.54) is 49.4 Å². The number of aryl methyl sites for hydroxylation is 1. The molecule has 4 aromatic carbocycles. The number of primary amides is 1. The predicted octanol–water partition coefficient (Wildman–Crippen LogP) is 7.87. The van der Waals surface area contributed by atoms with Crippen molar-refractivity contribution in [2.75, 3.05) is 70.5 Å². The Bertz CT molecular complexity index is 2820. The lowest BCUT2D eigenvalue weighted by Crippen LogP contribution is -2.49. The fourth-order valence-electron chi connectivity index (χ4n) is 12.7. The van der Waals surface area contributed by atoms with E-state index in [1.54, 1.807) is 11.8 Å². The van der Waals surface area contributed by atoms with Crippen molar-refractivity contribution >= 4 is 34.6 Å². The molecule has 4 amide bonds. The van der Waals surface area contributed by atoms with Gasteiger partial charge in [0.1, 0.15) is 18.2 Å². The summed E-state index contributed by atoms with van der Waals surface area (Å²) in [6, 6.07) is 20.7. The number of piperidine rings is 2. The lowest BCUT2D eigenvalue weighted by molar-refractivity contribution is -0.120. The number of nitrogens with zero attached hydrogens (tertiary/aromatic N) is 5. The number of benzene rings is 4. The number of anilines is 1. The number of hydrogen-bond donors (Lipinski definition) is 4. The first-order chi connectivity index (χ1) is 34.8. The number of hydrogen-bond acceptors (Lipinski definition) is 10. The topological polar surface area (TPSA) is 168 Å². The molecule has 2 unspecified atom stereocenters. The summed E-state index contributed by atoms with van der Waals surface area (Å²) < 4.78 is 46.7. The standard InChI is InChI=1S/C56H68F2N8O6/c1-34-44(57)30-47-50(49(34)51-43(53(59)69)15-16-46(52(51)58)71-28-27-67)35(2)56(72-47,40-7-5-4-6-8-40)33-60-31-36-17-22-64(23-18-36)32-37-9-12-41(13-10-37)65-24-19-38(20-25-65)39-11-14-42-45(29-39)63(3)62-54(42)66-26-21-48(68)61-55(66)70/h4-8,11,14-16,29-30,35-38,41,60,67H,9-10,12-13,17-28,31-33H2,1-3H3,(H2,59,69)(H,61,68,70). The summed E-state index contributed by atoms with van der Waals surface area (Å²) in [6.07, 6.45) is 9.75. The second-order valence-corrected chi connectivity index (χ2v) is 20.9. The zero-order valence-corrected chi connectivity index (χ0v) is 41.7. The highest BCUT2D eigenvalue weighted by molar-refractivity contribution is 6.09. The molecule has 5 aliphatic rings. The molecule has 1 saturated carbocycles. The molecular weight excluding hydrogens is 919 g/mol. The van der Waals surface area contributed by atoms with Crippen LogP contribution in [0.3, 0.4) is 0 Å². The Morgan fingerprint density at radius 2 is 1.68 bits per heavy atom. The van der Waals surface area contributed by atoms with Crippen molar-refractivity contribution in [3.8, 4) is 22.6 Å². The highest BCUT2D eigenvalue weighted by atomic mass is 19.1. The lowest BCUT2D eigenvalue weighted by Gasteiger charge is -2.42. The summed E-state index contributed by atoms with van der Waals surface area (Å²) in [5.74, 6) is -0.564. The molecule has 14 nitrogen and oxygen atoms in total. The summed E-state index contributed by atoms with van der Waals surface area (Å²) >= 11 is 0. The summed E-state index contributed by atoms with van der Waals surface area (Å²) in [5, 5.41) is 21.2. The highest BCUT2D eigenvalue weighted by Crippen LogP contribution is 2.55. The van der Waals surface area contributed by atoms with Gasteiger partial charge in [0.25, 0.3) is 0 Å². The van der Waals surface area contributed by atoms with Crippen LogP contribution < -0.4 is 30.7 Å². The molecule has 3 saturated heterocycles. The van der Waals surface area contributed by atoms with Crippen LogP contribution in [-0.2, 0) is 17.4 Å². The minimum Gasteiger partial charge on any atom is -0.488 e. The lowest BCUT2D eigenvalue weighted by atomic mass is 9.76. The van der Waals surface area contributed by atoms with E-state index in [2.05, 4.69) is 43.7 Å². The number of carbonyl (C=O) groups excluding carboxylic acids is 3. The minimum atomic E-state index is -0.969. The van der Waals surface area contributed by atoms with E-state index in [4.69, 9.17) is 15.2 Å². The van der Waals surface area contributed by atoms with Crippen molar-refractivity contribution < 1.29 is 37.7 Å². The number of aromatic nitrogens is 2. The van der Waals surface area contributed by atoms with Gasteiger partial charge in [0, 0.05) is 67.6 Å². The molecule has 5 aromatic rings. The maximum Gasteiger partial charge on any atom is 0.329 e. The third-order valence-corrected chi connectivity index (χ3v) is 16.7. The van der Waals surface area contributed by atoms with Crippen LogP contribution in [0.4, 0.5) is 19.4 Å². The Labute approximate surface area is 420 Å². The molecule has 2 atom stereocenters. The number of rotatable bonds is 15. The molecular formula is C56H68F2N8O6. The molecule has 4 aliphatic heterocycles. The number of aliphatic hydroxyl groups excluding tert-OH is 1. The van der Waals surface area contributed by atoms with Crippen LogP contribution in [0.5, 0.6) is 11.5 Å². The van der Waals surface area contributed by atoms with Crippen LogP contribution >= 0.6 is 0 Å². The number of ether oxygens (including phenoxy) is 2. The largest absolute Gasteiger partial charge is 0.488 e. The summed E-state index contributed by atoms with van der Waals surface area (Å²) in [5.41, 5.74) is 8.81. The van der Waals surface area contributed by atoms with Gasteiger partial charge in [0.05, 0.1) is 17.7 Å². The van der Waals surface area contributed by atoms with Crippen LogP contribution in [0.1, 0.15) is 109 Å². The first-order valence-electron chi connectivity index (χ1n) is 26.0. The fraction of sp³-hybridized carbons (Fsp3) is 0.500. The fourth-order valence-corrected chi connectivity index (χ4v) is 12.7. The Morgan fingerprint density at radius 3 is 2.39 bits per heavy atom. The molecule has 0 radical (unpaired) electrons. The molecule has 16 heteroatoms. The normalized spacial score (nSPS) is 23.6. The first-order valence-corrected chi connectivity index (χ1v) is 26.0. The molecule has 0 bridgehead atoms. The van der Waals surface area contributed by atoms with E-state index in [9.17, 15) is 19.5 Å². The van der Waals surface area contributed by atoms with E-state index in [-0.39, 0.29) is 59.3 Å². The van der Waals surface area contributed by atoms with E-state index in [1.807, 2.05) is 49.0 Å². The average molecular weight is 987 g/mol. The molecule has 10 rings (SSSR count). The van der Waals surface area contributed by atoms with Crippen LogP contribution in [-0.4, -0.2) is 114 Å². The monoisotopic (exact) mass is 987 g/mol. The van der Waals surface area contributed by atoms with Gasteiger partial charge in [-0.3, -0.25) is 24.5 Å². The molecule has 72 heavy (non-hydrogen) atoms. The van der Waals surface area contributed by atoms with Gasteiger partial charge in [-0.1, -0.05) is 43.3 Å².